The number of hydrogen-bond acceptors (Lipinski definition) is 3. The lowest BCUT2D eigenvalue weighted by atomic mass is 10.1. The fourth-order valence-electron chi connectivity index (χ4n) is 2.67. The van der Waals surface area contributed by atoms with Crippen LogP contribution in [0.1, 0.15) is 42.5 Å². The van der Waals surface area contributed by atoms with Crippen LogP contribution >= 0.6 is 11.8 Å². The van der Waals surface area contributed by atoms with Crippen molar-refractivity contribution < 1.29 is 9.21 Å². The molecule has 1 N–H and O–H groups in total. The van der Waals surface area contributed by atoms with Gasteiger partial charge in [-0.2, -0.15) is 11.8 Å². The van der Waals surface area contributed by atoms with Crippen LogP contribution in [0.3, 0.4) is 0 Å². The van der Waals surface area contributed by atoms with Crippen LogP contribution in [0.15, 0.2) is 59.0 Å². The Balaban J connectivity index is 1.84. The number of rotatable bonds is 5. The van der Waals surface area contributed by atoms with Gasteiger partial charge in [0.15, 0.2) is 5.76 Å². The average molecular weight is 353 g/mol. The van der Waals surface area contributed by atoms with E-state index in [1.54, 1.807) is 11.8 Å². The molecule has 2 aromatic carbocycles. The Morgan fingerprint density at radius 2 is 1.68 bits per heavy atom. The average Bonchev–Trinajstić information content (AvgIpc) is 2.93. The zero-order valence-electron chi connectivity index (χ0n) is 14.8. The molecule has 3 rings (SSSR count). The van der Waals surface area contributed by atoms with Crippen molar-refractivity contribution in [3.05, 3.63) is 71.5 Å². The molecule has 4 heteroatoms. The number of furan rings is 1. The van der Waals surface area contributed by atoms with Crippen LogP contribution in [0.5, 0.6) is 0 Å². The normalized spacial score (nSPS) is 11.6. The van der Waals surface area contributed by atoms with E-state index >= 15 is 0 Å². The van der Waals surface area contributed by atoms with Gasteiger partial charge in [-0.15, -0.1) is 0 Å². The van der Waals surface area contributed by atoms with E-state index in [1.807, 2.05) is 63.2 Å². The SMILES string of the molecule is CC(C)(C)NC(=O)c1oc2ccccc2c1CSCc1ccccc1. The minimum Gasteiger partial charge on any atom is -0.451 e. The van der Waals surface area contributed by atoms with Crippen molar-refractivity contribution in [2.75, 3.05) is 0 Å². The number of carbonyl (C=O) groups excluding carboxylic acids is 1. The Morgan fingerprint density at radius 1 is 1.00 bits per heavy atom. The molecule has 3 aromatic rings. The van der Waals surface area contributed by atoms with Gasteiger partial charge in [0.25, 0.3) is 5.91 Å². The number of benzene rings is 2. The molecule has 0 saturated heterocycles. The summed E-state index contributed by atoms with van der Waals surface area (Å²) in [5, 5.41) is 4.02. The molecule has 130 valence electrons. The number of para-hydroxylation sites is 1. The summed E-state index contributed by atoms with van der Waals surface area (Å²) < 4.78 is 5.88. The molecule has 0 fully saturated rings. The smallest absolute Gasteiger partial charge is 0.287 e. The summed E-state index contributed by atoms with van der Waals surface area (Å²) in [5.74, 6) is 1.91. The number of nitrogens with one attached hydrogen (secondary N) is 1. The molecule has 0 spiro atoms. The lowest BCUT2D eigenvalue weighted by molar-refractivity contribution is 0.0892. The molecule has 3 nitrogen and oxygen atoms in total. The maximum atomic E-state index is 12.7. The Morgan fingerprint density at radius 3 is 2.40 bits per heavy atom. The van der Waals surface area contributed by atoms with Gasteiger partial charge in [0.1, 0.15) is 5.58 Å². The minimum atomic E-state index is -0.301. The first-order valence-corrected chi connectivity index (χ1v) is 9.54. The molecule has 0 unspecified atom stereocenters. The third-order valence-corrected chi connectivity index (χ3v) is 4.78. The molecular weight excluding hydrogens is 330 g/mol. The van der Waals surface area contributed by atoms with E-state index in [4.69, 9.17) is 4.42 Å². The largest absolute Gasteiger partial charge is 0.451 e. The molecule has 1 amide bonds. The van der Waals surface area contributed by atoms with E-state index in [1.165, 1.54) is 5.56 Å². The van der Waals surface area contributed by atoms with Gasteiger partial charge in [0.05, 0.1) is 0 Å². The highest BCUT2D eigenvalue weighted by atomic mass is 32.2. The molecule has 25 heavy (non-hydrogen) atoms. The maximum Gasteiger partial charge on any atom is 0.287 e. The Labute approximate surface area is 152 Å². The summed E-state index contributed by atoms with van der Waals surface area (Å²) >= 11 is 1.79. The number of fused-ring (bicyclic) bond motifs is 1. The molecule has 1 heterocycles. The molecule has 0 radical (unpaired) electrons. The van der Waals surface area contributed by atoms with Gasteiger partial charge in [0, 0.05) is 28.0 Å². The van der Waals surface area contributed by atoms with Crippen molar-refractivity contribution in [1.82, 2.24) is 5.32 Å². The van der Waals surface area contributed by atoms with Crippen LogP contribution in [0.2, 0.25) is 0 Å². The first-order chi connectivity index (χ1) is 11.9. The van der Waals surface area contributed by atoms with Gasteiger partial charge in [-0.1, -0.05) is 48.5 Å². The minimum absolute atomic E-state index is 0.154. The third kappa shape index (κ3) is 4.45. The standard InChI is InChI=1S/C21H23NO2S/c1-21(2,3)22-20(23)19-17(16-11-7-8-12-18(16)24-19)14-25-13-15-9-5-4-6-10-15/h4-12H,13-14H2,1-3H3,(H,22,23). The molecule has 1 aromatic heterocycles. The van der Waals surface area contributed by atoms with E-state index in [0.29, 0.717) is 5.76 Å². The lowest BCUT2D eigenvalue weighted by Crippen LogP contribution is -2.40. The van der Waals surface area contributed by atoms with Crippen molar-refractivity contribution in [3.63, 3.8) is 0 Å². The van der Waals surface area contributed by atoms with Gasteiger partial charge in [-0.3, -0.25) is 4.79 Å². The van der Waals surface area contributed by atoms with E-state index in [-0.39, 0.29) is 11.4 Å². The highest BCUT2D eigenvalue weighted by Crippen LogP contribution is 2.30. The number of thioether (sulfide) groups is 1. The Bertz CT molecular complexity index is 862. The predicted octanol–water partition coefficient (Wildman–Crippen LogP) is 5.39. The van der Waals surface area contributed by atoms with Gasteiger partial charge < -0.3 is 9.73 Å². The first-order valence-electron chi connectivity index (χ1n) is 8.38. The summed E-state index contributed by atoms with van der Waals surface area (Å²) in [6.45, 7) is 5.91. The van der Waals surface area contributed by atoms with Crippen molar-refractivity contribution in [1.29, 1.82) is 0 Å². The highest BCUT2D eigenvalue weighted by molar-refractivity contribution is 7.97. The van der Waals surface area contributed by atoms with Crippen molar-refractivity contribution in [3.8, 4) is 0 Å². The molecule has 0 atom stereocenters. The fraction of sp³-hybridized carbons (Fsp3) is 0.286. The molecule has 0 saturated carbocycles. The zero-order valence-corrected chi connectivity index (χ0v) is 15.7. The second kappa shape index (κ2) is 7.36. The fourth-order valence-corrected chi connectivity index (χ4v) is 3.69. The van der Waals surface area contributed by atoms with Crippen LogP contribution < -0.4 is 5.32 Å². The molecule has 0 aliphatic rings. The molecule has 0 bridgehead atoms. The molecular formula is C21H23NO2S. The summed E-state index contributed by atoms with van der Waals surface area (Å²) in [7, 11) is 0. The van der Waals surface area contributed by atoms with Gasteiger partial charge in [-0.05, 0) is 32.4 Å². The van der Waals surface area contributed by atoms with Crippen LogP contribution in [-0.2, 0) is 11.5 Å². The summed E-state index contributed by atoms with van der Waals surface area (Å²) in [4.78, 5) is 12.7. The first kappa shape index (κ1) is 17.6. The van der Waals surface area contributed by atoms with Crippen LogP contribution in [-0.4, -0.2) is 11.4 Å². The van der Waals surface area contributed by atoms with Crippen LogP contribution in [0, 0.1) is 0 Å². The van der Waals surface area contributed by atoms with Crippen molar-refractivity contribution >= 4 is 28.6 Å². The molecule has 0 aliphatic heterocycles. The van der Waals surface area contributed by atoms with E-state index in [9.17, 15) is 4.79 Å². The summed E-state index contributed by atoms with van der Waals surface area (Å²) in [6.07, 6.45) is 0. The number of amides is 1. The quantitative estimate of drug-likeness (QED) is 0.668. The van der Waals surface area contributed by atoms with Crippen LogP contribution in [0.25, 0.3) is 11.0 Å². The van der Waals surface area contributed by atoms with Crippen molar-refractivity contribution in [2.24, 2.45) is 0 Å². The second-order valence-corrected chi connectivity index (χ2v) is 8.07. The number of carbonyl (C=O) groups is 1. The lowest BCUT2D eigenvalue weighted by Gasteiger charge is -2.19. The van der Waals surface area contributed by atoms with E-state index < -0.39 is 0 Å². The summed E-state index contributed by atoms with van der Waals surface area (Å²) in [5.41, 5.74) is 2.71. The topological polar surface area (TPSA) is 42.2 Å². The van der Waals surface area contributed by atoms with E-state index in [0.717, 1.165) is 28.0 Å². The molecule has 0 aliphatic carbocycles. The van der Waals surface area contributed by atoms with Gasteiger partial charge in [-0.25, -0.2) is 0 Å². The maximum absolute atomic E-state index is 12.7. The second-order valence-electron chi connectivity index (χ2n) is 7.09. The third-order valence-electron chi connectivity index (χ3n) is 3.75. The van der Waals surface area contributed by atoms with E-state index in [2.05, 4.69) is 17.4 Å². The Kier molecular flexibility index (Phi) is 5.19. The zero-order chi connectivity index (χ0) is 17.9. The summed E-state index contributed by atoms with van der Waals surface area (Å²) in [6, 6.07) is 18.2. The van der Waals surface area contributed by atoms with Gasteiger partial charge >= 0.3 is 0 Å². The highest BCUT2D eigenvalue weighted by Gasteiger charge is 2.23. The van der Waals surface area contributed by atoms with Crippen molar-refractivity contribution in [2.45, 2.75) is 37.8 Å². The Hall–Kier alpha value is -2.20. The number of hydrogen-bond donors (Lipinski definition) is 1. The van der Waals surface area contributed by atoms with Crippen LogP contribution in [0.4, 0.5) is 0 Å². The predicted molar refractivity (Wildman–Crippen MR) is 105 cm³/mol. The van der Waals surface area contributed by atoms with Gasteiger partial charge in [0.2, 0.25) is 0 Å². The monoisotopic (exact) mass is 353 g/mol.